The maximum atomic E-state index is 13.9. The maximum Gasteiger partial charge on any atom is 0.191 e. The Morgan fingerprint density at radius 1 is 1.17 bits per heavy atom. The van der Waals surface area contributed by atoms with E-state index in [4.69, 9.17) is 4.42 Å². The van der Waals surface area contributed by atoms with Gasteiger partial charge < -0.3 is 8.98 Å². The first-order valence-corrected chi connectivity index (χ1v) is 7.91. The summed E-state index contributed by atoms with van der Waals surface area (Å²) in [6.45, 7) is 3.58. The molecule has 0 aliphatic rings. The van der Waals surface area contributed by atoms with Gasteiger partial charge in [0.1, 0.15) is 17.4 Å². The fraction of sp³-hybridized carbons (Fsp3) is 0.250. The van der Waals surface area contributed by atoms with E-state index < -0.39 is 16.9 Å². The largest absolute Gasteiger partial charge is 0.469 e. The van der Waals surface area contributed by atoms with E-state index in [1.54, 1.807) is 17.8 Å². The second-order valence-corrected chi connectivity index (χ2v) is 6.46. The highest BCUT2D eigenvalue weighted by Crippen LogP contribution is 2.37. The first kappa shape index (κ1) is 15.7. The standard InChI is InChI=1S/C16H15F2N3OS/c1-9-11(7-8-22-9)15-19-20-16(21(15)3)23-10(2)14-12(17)5-4-6-13(14)18/h4-8,10H,1-3H3. The van der Waals surface area contributed by atoms with Gasteiger partial charge in [0, 0.05) is 17.9 Å². The number of thioether (sulfide) groups is 1. The summed E-state index contributed by atoms with van der Waals surface area (Å²) in [6, 6.07) is 5.68. The highest BCUT2D eigenvalue weighted by molar-refractivity contribution is 7.99. The molecule has 4 nitrogen and oxygen atoms in total. The molecule has 0 aliphatic carbocycles. The zero-order chi connectivity index (χ0) is 16.6. The molecule has 0 aliphatic heterocycles. The number of aromatic nitrogens is 3. The first-order chi connectivity index (χ1) is 11.0. The van der Waals surface area contributed by atoms with E-state index >= 15 is 0 Å². The van der Waals surface area contributed by atoms with Gasteiger partial charge in [-0.3, -0.25) is 0 Å². The van der Waals surface area contributed by atoms with Crippen LogP contribution in [0.1, 0.15) is 23.5 Å². The second kappa shape index (κ2) is 6.16. The molecule has 0 saturated heterocycles. The molecule has 2 heterocycles. The van der Waals surface area contributed by atoms with Crippen LogP contribution in [-0.2, 0) is 7.05 Å². The Morgan fingerprint density at radius 3 is 2.48 bits per heavy atom. The van der Waals surface area contributed by atoms with Gasteiger partial charge in [-0.25, -0.2) is 8.78 Å². The molecule has 0 radical (unpaired) electrons. The Bertz CT molecular complexity index is 823. The smallest absolute Gasteiger partial charge is 0.191 e. The average molecular weight is 335 g/mol. The van der Waals surface area contributed by atoms with Gasteiger partial charge in [-0.15, -0.1) is 10.2 Å². The summed E-state index contributed by atoms with van der Waals surface area (Å²) >= 11 is 1.25. The maximum absolute atomic E-state index is 13.9. The van der Waals surface area contributed by atoms with Crippen LogP contribution < -0.4 is 0 Å². The van der Waals surface area contributed by atoms with E-state index in [0.29, 0.717) is 11.0 Å². The highest BCUT2D eigenvalue weighted by atomic mass is 32.2. The molecule has 0 fully saturated rings. The third kappa shape index (κ3) is 2.88. The summed E-state index contributed by atoms with van der Waals surface area (Å²) in [5.41, 5.74) is 0.887. The molecule has 3 rings (SSSR count). The van der Waals surface area contributed by atoms with Crippen LogP contribution in [0.15, 0.2) is 40.1 Å². The lowest BCUT2D eigenvalue weighted by molar-refractivity contribution is 0.534. The molecule has 0 N–H and O–H groups in total. The van der Waals surface area contributed by atoms with Gasteiger partial charge in [-0.2, -0.15) is 0 Å². The minimum Gasteiger partial charge on any atom is -0.469 e. The fourth-order valence-corrected chi connectivity index (χ4v) is 3.38. The zero-order valence-corrected chi connectivity index (χ0v) is 13.7. The molecule has 0 spiro atoms. The number of aryl methyl sites for hydroxylation is 1. The van der Waals surface area contributed by atoms with Crippen molar-refractivity contribution >= 4 is 11.8 Å². The molecule has 3 aromatic rings. The van der Waals surface area contributed by atoms with Crippen LogP contribution in [0.2, 0.25) is 0 Å². The van der Waals surface area contributed by atoms with E-state index in [0.717, 1.165) is 11.3 Å². The second-order valence-electron chi connectivity index (χ2n) is 5.15. The van der Waals surface area contributed by atoms with Crippen LogP contribution in [0.5, 0.6) is 0 Å². The van der Waals surface area contributed by atoms with Crippen molar-refractivity contribution in [3.05, 3.63) is 53.5 Å². The number of furan rings is 1. The van der Waals surface area contributed by atoms with Crippen molar-refractivity contribution in [2.24, 2.45) is 7.05 Å². The number of benzene rings is 1. The molecule has 1 atom stereocenters. The lowest BCUT2D eigenvalue weighted by Gasteiger charge is -2.13. The molecule has 1 aromatic carbocycles. The number of hydrogen-bond donors (Lipinski definition) is 0. The fourth-order valence-electron chi connectivity index (χ4n) is 2.39. The van der Waals surface area contributed by atoms with Crippen molar-refractivity contribution in [2.75, 3.05) is 0 Å². The van der Waals surface area contributed by atoms with Crippen LogP contribution in [-0.4, -0.2) is 14.8 Å². The normalized spacial score (nSPS) is 12.6. The quantitative estimate of drug-likeness (QED) is 0.658. The highest BCUT2D eigenvalue weighted by Gasteiger charge is 2.21. The average Bonchev–Trinajstić information content (AvgIpc) is 3.06. The van der Waals surface area contributed by atoms with Gasteiger partial charge in [0.15, 0.2) is 11.0 Å². The van der Waals surface area contributed by atoms with Crippen molar-refractivity contribution in [2.45, 2.75) is 24.3 Å². The first-order valence-electron chi connectivity index (χ1n) is 7.03. The van der Waals surface area contributed by atoms with Crippen LogP contribution in [0.3, 0.4) is 0 Å². The van der Waals surface area contributed by atoms with Crippen molar-refractivity contribution in [3.8, 4) is 11.4 Å². The Balaban J connectivity index is 1.90. The predicted molar refractivity (Wildman–Crippen MR) is 84.1 cm³/mol. The zero-order valence-electron chi connectivity index (χ0n) is 12.9. The van der Waals surface area contributed by atoms with Crippen LogP contribution in [0.4, 0.5) is 8.78 Å². The monoisotopic (exact) mass is 335 g/mol. The lowest BCUT2D eigenvalue weighted by atomic mass is 10.1. The summed E-state index contributed by atoms with van der Waals surface area (Å²) in [4.78, 5) is 0. The minimum absolute atomic E-state index is 0.0431. The van der Waals surface area contributed by atoms with E-state index in [-0.39, 0.29) is 5.56 Å². The third-order valence-electron chi connectivity index (χ3n) is 3.62. The van der Waals surface area contributed by atoms with E-state index in [1.807, 2.05) is 20.0 Å². The van der Waals surface area contributed by atoms with Crippen LogP contribution in [0.25, 0.3) is 11.4 Å². The molecule has 120 valence electrons. The molecule has 2 aromatic heterocycles. The number of nitrogens with zero attached hydrogens (tertiary/aromatic N) is 3. The van der Waals surface area contributed by atoms with E-state index in [2.05, 4.69) is 10.2 Å². The van der Waals surface area contributed by atoms with Gasteiger partial charge in [0.2, 0.25) is 0 Å². The van der Waals surface area contributed by atoms with Gasteiger partial charge >= 0.3 is 0 Å². The Kier molecular flexibility index (Phi) is 4.21. The van der Waals surface area contributed by atoms with Gasteiger partial charge in [0.05, 0.1) is 11.8 Å². The Labute approximate surface area is 136 Å². The van der Waals surface area contributed by atoms with Gasteiger partial charge in [-0.1, -0.05) is 17.8 Å². The van der Waals surface area contributed by atoms with Crippen molar-refractivity contribution in [3.63, 3.8) is 0 Å². The molecule has 23 heavy (non-hydrogen) atoms. The van der Waals surface area contributed by atoms with E-state index in [1.165, 1.54) is 30.0 Å². The van der Waals surface area contributed by atoms with Crippen LogP contribution >= 0.6 is 11.8 Å². The van der Waals surface area contributed by atoms with Crippen molar-refractivity contribution < 1.29 is 13.2 Å². The summed E-state index contributed by atoms with van der Waals surface area (Å²) < 4.78 is 34.8. The SMILES string of the molecule is Cc1occc1-c1nnc(SC(C)c2c(F)cccc2F)n1C. The van der Waals surface area contributed by atoms with E-state index in [9.17, 15) is 8.78 Å². The Hall–Kier alpha value is -2.15. The number of halogens is 2. The molecule has 0 saturated carbocycles. The van der Waals surface area contributed by atoms with Gasteiger partial charge in [0.25, 0.3) is 0 Å². The van der Waals surface area contributed by atoms with Crippen LogP contribution in [0, 0.1) is 18.6 Å². The number of hydrogen-bond acceptors (Lipinski definition) is 4. The molecule has 0 bridgehead atoms. The molecular weight excluding hydrogens is 320 g/mol. The lowest BCUT2D eigenvalue weighted by Crippen LogP contribution is -2.01. The molecule has 1 unspecified atom stereocenters. The van der Waals surface area contributed by atoms with Crippen molar-refractivity contribution in [1.82, 2.24) is 14.8 Å². The Morgan fingerprint density at radius 2 is 1.87 bits per heavy atom. The molecular formula is C16H15F2N3OS. The number of rotatable bonds is 4. The summed E-state index contributed by atoms with van der Waals surface area (Å²) in [5, 5.41) is 8.43. The third-order valence-corrected chi connectivity index (χ3v) is 4.78. The summed E-state index contributed by atoms with van der Waals surface area (Å²) in [5.74, 6) is 0.279. The molecule has 0 amide bonds. The topological polar surface area (TPSA) is 43.9 Å². The summed E-state index contributed by atoms with van der Waals surface area (Å²) in [7, 11) is 1.81. The van der Waals surface area contributed by atoms with Gasteiger partial charge in [-0.05, 0) is 32.0 Å². The summed E-state index contributed by atoms with van der Waals surface area (Å²) in [6.07, 6.45) is 1.59. The predicted octanol–water partition coefficient (Wildman–Crippen LogP) is 4.52. The minimum atomic E-state index is -0.557. The van der Waals surface area contributed by atoms with Crippen molar-refractivity contribution in [1.29, 1.82) is 0 Å². The molecule has 7 heteroatoms.